The van der Waals surface area contributed by atoms with Gasteiger partial charge in [-0.15, -0.1) is 0 Å². The number of hydrogen-bond donors (Lipinski definition) is 1. The first-order valence-corrected chi connectivity index (χ1v) is 12.9. The molecule has 0 saturated carbocycles. The third kappa shape index (κ3) is 3.56. The molecule has 1 aliphatic heterocycles. The van der Waals surface area contributed by atoms with Crippen LogP contribution >= 0.6 is 19.8 Å². The van der Waals surface area contributed by atoms with Gasteiger partial charge in [0.1, 0.15) is 0 Å². The Kier molecular flexibility index (Phi) is 4.74. The molecule has 2 heterocycles. The number of alkyl halides is 3. The Morgan fingerprint density at radius 3 is 2.56 bits per heavy atom. The van der Waals surface area contributed by atoms with Crippen LogP contribution in [0, 0.1) is 5.82 Å². The van der Waals surface area contributed by atoms with Crippen LogP contribution < -0.4 is 4.90 Å². The number of benzene rings is 2. The van der Waals surface area contributed by atoms with Crippen LogP contribution in [0.25, 0.3) is 10.9 Å². The van der Waals surface area contributed by atoms with Crippen LogP contribution in [0.5, 0.6) is 5.75 Å². The van der Waals surface area contributed by atoms with Gasteiger partial charge in [-0.2, -0.15) is 0 Å². The zero-order chi connectivity index (χ0) is 17.2. The molecule has 0 unspecified atom stereocenters. The minimum absolute atomic E-state index is 0.179. The van der Waals surface area contributed by atoms with E-state index in [-0.39, 0.29) is 11.6 Å². The average molecular weight is 450 g/mol. The van der Waals surface area contributed by atoms with E-state index in [9.17, 15) is 9.50 Å². The molecular weight excluding hydrogens is 430 g/mol. The van der Waals surface area contributed by atoms with E-state index in [1.54, 1.807) is 12.3 Å². The molecule has 0 atom stereocenters. The Hall–Kier alpha value is -1.89. The molecule has 0 amide bonds. The number of phenols is 1. The van der Waals surface area contributed by atoms with Crippen molar-refractivity contribution in [3.63, 3.8) is 0 Å². The van der Waals surface area contributed by atoms with Gasteiger partial charge in [0.05, 0.1) is 0 Å². The fraction of sp³-hybridized carbons (Fsp3) is 0.250. The number of fused-ring (bicyclic) bond motifs is 1. The number of hydrogen-bond acceptors (Lipinski definition) is 3. The average Bonchev–Trinajstić information content (AvgIpc) is 2.66. The van der Waals surface area contributed by atoms with Gasteiger partial charge in [-0.05, 0) is 0 Å². The van der Waals surface area contributed by atoms with Crippen LogP contribution in [0.15, 0.2) is 54.7 Å². The zero-order valence-corrected chi connectivity index (χ0v) is 16.0. The summed E-state index contributed by atoms with van der Waals surface area (Å²) in [6.07, 6.45) is 1.73. The van der Waals surface area contributed by atoms with Crippen LogP contribution in [-0.4, -0.2) is 32.0 Å². The van der Waals surface area contributed by atoms with Crippen LogP contribution in [0.3, 0.4) is 0 Å². The van der Waals surface area contributed by atoms with E-state index in [1.807, 2.05) is 18.2 Å². The molecule has 2 aromatic carbocycles. The summed E-state index contributed by atoms with van der Waals surface area (Å²) in [5, 5.41) is 11.1. The molecule has 0 spiro atoms. The first kappa shape index (κ1) is 16.6. The molecule has 3 aromatic rings. The summed E-state index contributed by atoms with van der Waals surface area (Å²) in [6, 6.07) is 14.6. The summed E-state index contributed by atoms with van der Waals surface area (Å²) in [5.41, 5.74) is 3.15. The van der Waals surface area contributed by atoms with Gasteiger partial charge < -0.3 is 0 Å². The number of halogens is 2. The molecule has 0 aliphatic carbocycles. The Morgan fingerprint density at radius 1 is 1.04 bits per heavy atom. The predicted octanol–water partition coefficient (Wildman–Crippen LogP) is 4.61. The van der Waals surface area contributed by atoms with E-state index >= 15 is 0 Å². The Bertz CT molecular complexity index is 877. The summed E-state index contributed by atoms with van der Waals surface area (Å²) in [6.45, 7) is 2.12. The van der Waals surface area contributed by atoms with Gasteiger partial charge in [0, 0.05) is 0 Å². The predicted molar refractivity (Wildman–Crippen MR) is 109 cm³/mol. The summed E-state index contributed by atoms with van der Waals surface area (Å²) in [7, 11) is 0. The number of aromatic nitrogens is 1. The SMILES string of the molecule is Oc1ccc(CI2CCN(c3ccc(F)cc3)CC2)c2cccnc12. The quantitative estimate of drug-likeness (QED) is 0.468. The van der Waals surface area contributed by atoms with Crippen molar-refractivity contribution in [2.45, 2.75) is 4.43 Å². The molecule has 3 nitrogen and oxygen atoms in total. The van der Waals surface area contributed by atoms with Crippen molar-refractivity contribution in [1.82, 2.24) is 4.98 Å². The Morgan fingerprint density at radius 2 is 1.80 bits per heavy atom. The number of pyridine rings is 1. The second kappa shape index (κ2) is 7.15. The van der Waals surface area contributed by atoms with E-state index < -0.39 is 19.8 Å². The molecule has 0 radical (unpaired) electrons. The van der Waals surface area contributed by atoms with Gasteiger partial charge in [0.2, 0.25) is 0 Å². The second-order valence-electron chi connectivity index (χ2n) is 6.19. The third-order valence-electron chi connectivity index (χ3n) is 4.61. The molecule has 1 aromatic heterocycles. The van der Waals surface area contributed by atoms with Crippen molar-refractivity contribution in [2.75, 3.05) is 26.8 Å². The fourth-order valence-electron chi connectivity index (χ4n) is 3.23. The van der Waals surface area contributed by atoms with Gasteiger partial charge >= 0.3 is 154 Å². The van der Waals surface area contributed by atoms with Crippen LogP contribution in [0.2, 0.25) is 0 Å². The van der Waals surface area contributed by atoms with Gasteiger partial charge in [0.15, 0.2) is 0 Å². The van der Waals surface area contributed by atoms with Gasteiger partial charge in [0.25, 0.3) is 0 Å². The molecule has 1 fully saturated rings. The summed E-state index contributed by atoms with van der Waals surface area (Å²) in [5.74, 6) is 0.0799. The van der Waals surface area contributed by atoms with Gasteiger partial charge in [-0.25, -0.2) is 0 Å². The van der Waals surface area contributed by atoms with Gasteiger partial charge in [-0.3, -0.25) is 0 Å². The standard InChI is InChI=1S/C20H20FIN2O/c21-16-4-6-17(7-5-16)24-12-9-22(10-13-24)14-15-3-8-19(25)20-18(15)2-1-11-23-20/h1-8,11,25H,9-10,12-14H2. The molecule has 1 saturated heterocycles. The number of phenolic OH excluding ortho intramolecular Hbond substituents is 1. The van der Waals surface area contributed by atoms with Crippen molar-refractivity contribution in [2.24, 2.45) is 0 Å². The van der Waals surface area contributed by atoms with Crippen molar-refractivity contribution in [1.29, 1.82) is 0 Å². The first-order valence-electron chi connectivity index (χ1n) is 8.34. The summed E-state index contributed by atoms with van der Waals surface area (Å²) in [4.78, 5) is 6.69. The fourth-order valence-corrected chi connectivity index (χ4v) is 8.89. The number of rotatable bonds is 3. The third-order valence-corrected chi connectivity index (χ3v) is 10.5. The topological polar surface area (TPSA) is 36.4 Å². The molecular formula is C20H20FIN2O. The molecule has 130 valence electrons. The second-order valence-corrected chi connectivity index (χ2v) is 12.3. The molecule has 1 aliphatic rings. The molecule has 5 heteroatoms. The van der Waals surface area contributed by atoms with E-state index in [1.165, 1.54) is 26.6 Å². The van der Waals surface area contributed by atoms with E-state index in [2.05, 4.69) is 22.0 Å². The maximum atomic E-state index is 13.1. The van der Waals surface area contributed by atoms with E-state index in [0.29, 0.717) is 5.52 Å². The van der Waals surface area contributed by atoms with Crippen LogP contribution in [0.1, 0.15) is 5.56 Å². The van der Waals surface area contributed by atoms with E-state index in [0.717, 1.165) is 28.6 Å². The van der Waals surface area contributed by atoms with Crippen LogP contribution in [-0.2, 0) is 4.43 Å². The first-order chi connectivity index (χ1) is 12.2. The normalized spacial score (nSPS) is 16.4. The van der Waals surface area contributed by atoms with Crippen molar-refractivity contribution >= 4 is 36.4 Å². The molecule has 25 heavy (non-hydrogen) atoms. The van der Waals surface area contributed by atoms with Crippen LogP contribution in [0.4, 0.5) is 10.1 Å². The zero-order valence-electron chi connectivity index (χ0n) is 13.8. The summed E-state index contributed by atoms with van der Waals surface area (Å²) < 4.78 is 16.8. The van der Waals surface area contributed by atoms with Gasteiger partial charge in [-0.1, -0.05) is 0 Å². The summed E-state index contributed by atoms with van der Waals surface area (Å²) >= 11 is -1.06. The molecule has 1 N–H and O–H groups in total. The number of aromatic hydroxyl groups is 1. The molecule has 4 rings (SSSR count). The van der Waals surface area contributed by atoms with Crippen molar-refractivity contribution < 1.29 is 9.50 Å². The monoisotopic (exact) mass is 450 g/mol. The number of nitrogens with zero attached hydrogens (tertiary/aromatic N) is 2. The van der Waals surface area contributed by atoms with E-state index in [4.69, 9.17) is 0 Å². The minimum atomic E-state index is -1.06. The number of anilines is 1. The van der Waals surface area contributed by atoms with Crippen molar-refractivity contribution in [3.8, 4) is 5.75 Å². The Balaban J connectivity index is 1.45. The Labute approximate surface area is 153 Å². The molecule has 0 bridgehead atoms. The maximum absolute atomic E-state index is 13.1. The van der Waals surface area contributed by atoms with Crippen molar-refractivity contribution in [3.05, 3.63) is 66.1 Å².